The Morgan fingerprint density at radius 3 is 2.21 bits per heavy atom. The van der Waals surface area contributed by atoms with Crippen LogP contribution >= 0.6 is 11.6 Å². The van der Waals surface area contributed by atoms with Crippen molar-refractivity contribution in [2.45, 2.75) is 11.3 Å². The highest BCUT2D eigenvalue weighted by atomic mass is 35.5. The zero-order valence-electron chi connectivity index (χ0n) is 15.0. The van der Waals surface area contributed by atoms with Gasteiger partial charge in [0.1, 0.15) is 0 Å². The molecule has 0 fully saturated rings. The van der Waals surface area contributed by atoms with E-state index in [0.29, 0.717) is 22.7 Å². The first-order valence-corrected chi connectivity index (χ1v) is 10.3. The van der Waals surface area contributed by atoms with Crippen LogP contribution in [-0.2, 0) is 14.8 Å². The molecule has 0 atom stereocenters. The molecule has 7 nitrogen and oxygen atoms in total. The molecule has 0 bridgehead atoms. The normalized spacial score (nSPS) is 11.1. The van der Waals surface area contributed by atoms with Crippen molar-refractivity contribution < 1.29 is 26.8 Å². The van der Waals surface area contributed by atoms with E-state index in [2.05, 4.69) is 15.4 Å². The third-order valence-corrected chi connectivity index (χ3v) is 5.40. The van der Waals surface area contributed by atoms with Crippen molar-refractivity contribution >= 4 is 33.4 Å². The van der Waals surface area contributed by atoms with E-state index in [1.165, 1.54) is 0 Å². The topological polar surface area (TPSA) is 104 Å². The van der Waals surface area contributed by atoms with E-state index in [4.69, 9.17) is 11.6 Å². The van der Waals surface area contributed by atoms with Gasteiger partial charge in [-0.2, -0.15) is 0 Å². The lowest BCUT2D eigenvalue weighted by Gasteiger charge is -2.09. The first-order chi connectivity index (χ1) is 13.7. The number of carbonyl (C=O) groups is 2. The monoisotopic (exact) mass is 445 g/mol. The van der Waals surface area contributed by atoms with Gasteiger partial charge in [0, 0.05) is 36.6 Å². The number of sulfonamides is 1. The van der Waals surface area contributed by atoms with Crippen LogP contribution in [0.5, 0.6) is 0 Å². The smallest absolute Gasteiger partial charge is 0.251 e. The fourth-order valence-electron chi connectivity index (χ4n) is 2.20. The van der Waals surface area contributed by atoms with Gasteiger partial charge in [-0.15, -0.1) is 0 Å². The average Bonchev–Trinajstić information content (AvgIpc) is 2.67. The van der Waals surface area contributed by atoms with Crippen LogP contribution in [0.3, 0.4) is 0 Å². The predicted molar refractivity (Wildman–Crippen MR) is 103 cm³/mol. The second kappa shape index (κ2) is 10.3. The van der Waals surface area contributed by atoms with Crippen molar-refractivity contribution in [3.63, 3.8) is 0 Å². The average molecular weight is 446 g/mol. The lowest BCUT2D eigenvalue weighted by molar-refractivity contribution is -0.120. The van der Waals surface area contributed by atoms with Gasteiger partial charge in [0.2, 0.25) is 15.9 Å². The van der Waals surface area contributed by atoms with Crippen molar-refractivity contribution in [3.8, 4) is 0 Å². The Balaban J connectivity index is 1.68. The molecule has 0 aliphatic carbocycles. The van der Waals surface area contributed by atoms with E-state index >= 15 is 0 Å². The molecule has 0 aliphatic heterocycles. The molecule has 2 aromatic carbocycles. The van der Waals surface area contributed by atoms with Crippen molar-refractivity contribution in [3.05, 3.63) is 64.7 Å². The molecule has 0 saturated carbocycles. The second-order valence-electron chi connectivity index (χ2n) is 5.84. The molecule has 0 saturated heterocycles. The maximum Gasteiger partial charge on any atom is 0.251 e. The van der Waals surface area contributed by atoms with Gasteiger partial charge in [0.05, 0.1) is 4.90 Å². The van der Waals surface area contributed by atoms with Crippen molar-refractivity contribution in [1.82, 2.24) is 15.4 Å². The number of hydrogen-bond donors (Lipinski definition) is 3. The third-order valence-electron chi connectivity index (χ3n) is 3.68. The number of hydrogen-bond acceptors (Lipinski definition) is 4. The van der Waals surface area contributed by atoms with E-state index in [-0.39, 0.29) is 32.0 Å². The number of carbonyl (C=O) groups excluding carboxylic acids is 2. The first kappa shape index (κ1) is 22.7. The third kappa shape index (κ3) is 7.08. The summed E-state index contributed by atoms with van der Waals surface area (Å²) in [7, 11) is -4.07. The van der Waals surface area contributed by atoms with Gasteiger partial charge in [-0.05, 0) is 42.5 Å². The largest absolute Gasteiger partial charge is 0.354 e. The molecule has 2 rings (SSSR count). The Hall–Kier alpha value is -2.56. The summed E-state index contributed by atoms with van der Waals surface area (Å²) in [4.78, 5) is 23.2. The molecule has 0 aliphatic rings. The maximum atomic E-state index is 13.1. The second-order valence-corrected chi connectivity index (χ2v) is 8.04. The standard InChI is InChI=1S/C18H18ClF2N3O4S/c19-13-3-1-12(2-4-13)18(26)23-10-9-22-17(25)7-8-24-29(27,28)14-5-6-15(20)16(21)11-14/h1-6,11,24H,7-10H2,(H,22,25)(H,23,26). The quantitative estimate of drug-likeness (QED) is 0.512. The number of amides is 2. The maximum absolute atomic E-state index is 13.1. The summed E-state index contributed by atoms with van der Waals surface area (Å²) in [5.41, 5.74) is 0.423. The summed E-state index contributed by atoms with van der Waals surface area (Å²) in [5.74, 6) is -3.22. The van der Waals surface area contributed by atoms with Crippen LogP contribution in [0.4, 0.5) is 8.78 Å². The first-order valence-electron chi connectivity index (χ1n) is 8.44. The Bertz CT molecular complexity index is 985. The van der Waals surface area contributed by atoms with Crippen molar-refractivity contribution in [1.29, 1.82) is 0 Å². The number of nitrogens with one attached hydrogen (secondary N) is 3. The van der Waals surface area contributed by atoms with E-state index in [1.807, 2.05) is 0 Å². The van der Waals surface area contributed by atoms with Gasteiger partial charge in [0.15, 0.2) is 11.6 Å². The van der Waals surface area contributed by atoms with Gasteiger partial charge in [-0.1, -0.05) is 11.6 Å². The Morgan fingerprint density at radius 2 is 1.55 bits per heavy atom. The summed E-state index contributed by atoms with van der Waals surface area (Å²) >= 11 is 5.74. The molecule has 0 unspecified atom stereocenters. The summed E-state index contributed by atoms with van der Waals surface area (Å²) in [6, 6.07) is 8.48. The molecule has 0 radical (unpaired) electrons. The number of benzene rings is 2. The van der Waals surface area contributed by atoms with Gasteiger partial charge >= 0.3 is 0 Å². The fourth-order valence-corrected chi connectivity index (χ4v) is 3.37. The highest BCUT2D eigenvalue weighted by Gasteiger charge is 2.16. The van der Waals surface area contributed by atoms with Crippen LogP contribution in [-0.4, -0.2) is 39.9 Å². The molecule has 2 aromatic rings. The minimum absolute atomic E-state index is 0.147. The van der Waals surface area contributed by atoms with Crippen LogP contribution in [0.15, 0.2) is 47.4 Å². The van der Waals surface area contributed by atoms with E-state index in [0.717, 1.165) is 6.07 Å². The van der Waals surface area contributed by atoms with Crippen LogP contribution in [0.2, 0.25) is 5.02 Å². The summed E-state index contributed by atoms with van der Waals surface area (Å²) in [5, 5.41) is 5.64. The number of halogens is 3. The minimum Gasteiger partial charge on any atom is -0.354 e. The highest BCUT2D eigenvalue weighted by Crippen LogP contribution is 2.13. The molecular formula is C18H18ClF2N3O4S. The summed E-state index contributed by atoms with van der Waals surface area (Å²) in [6.07, 6.45) is -0.173. The lowest BCUT2D eigenvalue weighted by Crippen LogP contribution is -2.36. The van der Waals surface area contributed by atoms with Crippen LogP contribution in [0.1, 0.15) is 16.8 Å². The van der Waals surface area contributed by atoms with Crippen molar-refractivity contribution in [2.24, 2.45) is 0 Å². The molecular weight excluding hydrogens is 428 g/mol. The summed E-state index contributed by atoms with van der Waals surface area (Å²) in [6.45, 7) is 0.0895. The lowest BCUT2D eigenvalue weighted by atomic mass is 10.2. The minimum atomic E-state index is -4.07. The molecule has 2 amide bonds. The zero-order valence-corrected chi connectivity index (χ0v) is 16.6. The molecule has 156 valence electrons. The molecule has 29 heavy (non-hydrogen) atoms. The SMILES string of the molecule is O=C(CCNS(=O)(=O)c1ccc(F)c(F)c1)NCCNC(=O)c1ccc(Cl)cc1. The van der Waals surface area contributed by atoms with Crippen LogP contribution in [0.25, 0.3) is 0 Å². The van der Waals surface area contributed by atoms with E-state index in [9.17, 15) is 26.8 Å². The van der Waals surface area contributed by atoms with Crippen LogP contribution in [0, 0.1) is 11.6 Å². The molecule has 0 heterocycles. The van der Waals surface area contributed by atoms with E-state index in [1.54, 1.807) is 24.3 Å². The molecule has 11 heteroatoms. The Kier molecular flexibility index (Phi) is 8.06. The zero-order chi connectivity index (χ0) is 21.4. The Morgan fingerprint density at radius 1 is 0.897 bits per heavy atom. The molecule has 0 spiro atoms. The highest BCUT2D eigenvalue weighted by molar-refractivity contribution is 7.89. The molecule has 3 N–H and O–H groups in total. The van der Waals surface area contributed by atoms with Crippen molar-refractivity contribution in [2.75, 3.05) is 19.6 Å². The van der Waals surface area contributed by atoms with Gasteiger partial charge in [-0.3, -0.25) is 9.59 Å². The summed E-state index contributed by atoms with van der Waals surface area (Å²) < 4.78 is 52.1. The van der Waals surface area contributed by atoms with Gasteiger partial charge in [0.25, 0.3) is 5.91 Å². The fraction of sp³-hybridized carbons (Fsp3) is 0.222. The predicted octanol–water partition coefficient (Wildman–Crippen LogP) is 1.83. The van der Waals surface area contributed by atoms with E-state index < -0.39 is 32.5 Å². The molecule has 0 aromatic heterocycles. The number of rotatable bonds is 9. The van der Waals surface area contributed by atoms with Gasteiger partial charge in [-0.25, -0.2) is 21.9 Å². The Labute approximate surface area is 171 Å². The van der Waals surface area contributed by atoms with Gasteiger partial charge < -0.3 is 10.6 Å². The van der Waals surface area contributed by atoms with Crippen LogP contribution < -0.4 is 15.4 Å².